The third-order valence-electron chi connectivity index (χ3n) is 4.25. The molecule has 2 rings (SSSR count). The first-order chi connectivity index (χ1) is 10.9. The lowest BCUT2D eigenvalue weighted by molar-refractivity contribution is -0.141. The van der Waals surface area contributed by atoms with Gasteiger partial charge in [-0.2, -0.15) is 0 Å². The number of ketones is 2. The molecule has 0 saturated heterocycles. The van der Waals surface area contributed by atoms with Crippen LogP contribution < -0.4 is 0 Å². The maximum absolute atomic E-state index is 12.4. The van der Waals surface area contributed by atoms with Crippen LogP contribution in [0.1, 0.15) is 38.2 Å². The minimum absolute atomic E-state index is 0.0969. The number of carbonyl (C=O) groups excluding carboxylic acids is 2. The van der Waals surface area contributed by atoms with Crippen molar-refractivity contribution >= 4 is 17.5 Å². The van der Waals surface area contributed by atoms with Crippen molar-refractivity contribution in [2.75, 3.05) is 6.54 Å². The molecule has 1 N–H and O–H groups in total. The molecule has 0 unspecified atom stereocenters. The molecule has 5 nitrogen and oxygen atoms in total. The van der Waals surface area contributed by atoms with Gasteiger partial charge in [-0.15, -0.1) is 0 Å². The third kappa shape index (κ3) is 3.86. The van der Waals surface area contributed by atoms with Gasteiger partial charge in [-0.1, -0.05) is 30.3 Å². The van der Waals surface area contributed by atoms with Crippen LogP contribution in [-0.4, -0.2) is 40.1 Å². The molecule has 1 aliphatic carbocycles. The smallest absolute Gasteiger partial charge is 0.326 e. The van der Waals surface area contributed by atoms with Gasteiger partial charge in [0.25, 0.3) is 0 Å². The van der Waals surface area contributed by atoms with E-state index in [4.69, 9.17) is 5.11 Å². The van der Waals surface area contributed by atoms with Crippen molar-refractivity contribution in [2.45, 2.75) is 38.6 Å². The monoisotopic (exact) mass is 315 g/mol. The number of nitrogens with zero attached hydrogens (tertiary/aromatic N) is 1. The van der Waals surface area contributed by atoms with E-state index < -0.39 is 12.0 Å². The van der Waals surface area contributed by atoms with Crippen LogP contribution >= 0.6 is 0 Å². The largest absolute Gasteiger partial charge is 0.480 e. The fourth-order valence-electron chi connectivity index (χ4n) is 2.78. The van der Waals surface area contributed by atoms with Gasteiger partial charge < -0.3 is 10.0 Å². The van der Waals surface area contributed by atoms with E-state index in [1.165, 1.54) is 18.0 Å². The highest BCUT2D eigenvalue weighted by molar-refractivity contribution is 6.22. The summed E-state index contributed by atoms with van der Waals surface area (Å²) in [5.41, 5.74) is 1.10. The Morgan fingerprint density at radius 1 is 1.26 bits per heavy atom. The Morgan fingerprint density at radius 3 is 2.30 bits per heavy atom. The highest BCUT2D eigenvalue weighted by atomic mass is 16.4. The Bertz CT molecular complexity index is 616. The van der Waals surface area contributed by atoms with Crippen LogP contribution in [0.2, 0.25) is 0 Å². The Labute approximate surface area is 135 Å². The number of likely N-dealkylation sites (N-methyl/N-ethyl adjacent to an activating group) is 1. The van der Waals surface area contributed by atoms with Gasteiger partial charge in [-0.3, -0.25) is 9.59 Å². The molecule has 0 aromatic heterocycles. The summed E-state index contributed by atoms with van der Waals surface area (Å²) in [6.07, 6.45) is 1.98. The van der Waals surface area contributed by atoms with Crippen molar-refractivity contribution in [2.24, 2.45) is 0 Å². The maximum atomic E-state index is 12.4. The Kier molecular flexibility index (Phi) is 5.32. The number of Topliss-reactive ketones (excluding diaryl/α,β-unsaturated/α-hetero) is 2. The molecule has 23 heavy (non-hydrogen) atoms. The summed E-state index contributed by atoms with van der Waals surface area (Å²) >= 11 is 0. The van der Waals surface area contributed by atoms with Gasteiger partial charge in [0.15, 0.2) is 11.6 Å². The average Bonchev–Trinajstić information content (AvgIpc) is 2.54. The lowest BCUT2D eigenvalue weighted by Crippen LogP contribution is -2.37. The first-order valence-electron chi connectivity index (χ1n) is 7.75. The quantitative estimate of drug-likeness (QED) is 0.667. The number of carboxylic acids is 1. The summed E-state index contributed by atoms with van der Waals surface area (Å²) in [6, 6.07) is 8.75. The molecular formula is C18H21NO4. The zero-order valence-electron chi connectivity index (χ0n) is 13.4. The van der Waals surface area contributed by atoms with E-state index in [0.29, 0.717) is 6.54 Å². The van der Waals surface area contributed by atoms with Crippen molar-refractivity contribution in [3.63, 3.8) is 0 Å². The molecule has 1 atom stereocenters. The molecule has 0 amide bonds. The number of rotatable bonds is 5. The molecule has 1 fully saturated rings. The Balaban J connectivity index is 2.20. The van der Waals surface area contributed by atoms with Crippen LogP contribution in [0, 0.1) is 0 Å². The molecule has 0 spiro atoms. The summed E-state index contributed by atoms with van der Waals surface area (Å²) in [5, 5.41) is 9.09. The third-order valence-corrected chi connectivity index (χ3v) is 4.25. The minimum atomic E-state index is -0.985. The maximum Gasteiger partial charge on any atom is 0.326 e. The number of carbonyl (C=O) groups is 3. The van der Waals surface area contributed by atoms with Gasteiger partial charge in [-0.25, -0.2) is 4.79 Å². The first kappa shape index (κ1) is 16.9. The molecular weight excluding hydrogens is 294 g/mol. The molecule has 0 bridgehead atoms. The van der Waals surface area contributed by atoms with E-state index in [0.717, 1.165) is 5.56 Å². The lowest BCUT2D eigenvalue weighted by Gasteiger charge is -2.27. The van der Waals surface area contributed by atoms with E-state index in [9.17, 15) is 14.4 Å². The van der Waals surface area contributed by atoms with E-state index in [1.807, 2.05) is 30.3 Å². The van der Waals surface area contributed by atoms with Crippen molar-refractivity contribution in [3.05, 3.63) is 47.7 Å². The standard InChI is InChI=1S/C18H21NO4/c1-3-19(12(2)18(22)23)11-15-16(20)9-14(10-17(15)21)13-7-5-4-6-8-13/h4-8,11-12,14H,3,9-10H2,1-2H3,(H,22,23)/t12-,14?/m0/s1. The molecule has 1 aromatic carbocycles. The van der Waals surface area contributed by atoms with E-state index >= 15 is 0 Å². The van der Waals surface area contributed by atoms with Crippen molar-refractivity contribution < 1.29 is 19.5 Å². The first-order valence-corrected chi connectivity index (χ1v) is 7.75. The zero-order valence-corrected chi connectivity index (χ0v) is 13.4. The zero-order chi connectivity index (χ0) is 17.0. The number of hydrogen-bond acceptors (Lipinski definition) is 4. The molecule has 5 heteroatoms. The number of benzene rings is 1. The Hall–Kier alpha value is -2.43. The molecule has 1 aromatic rings. The van der Waals surface area contributed by atoms with E-state index in [2.05, 4.69) is 0 Å². The number of carboxylic acid groups (broad SMARTS) is 1. The van der Waals surface area contributed by atoms with Gasteiger partial charge in [0.2, 0.25) is 0 Å². The van der Waals surface area contributed by atoms with Crippen LogP contribution in [0.15, 0.2) is 42.1 Å². The summed E-state index contributed by atoms with van der Waals surface area (Å²) in [6.45, 7) is 3.74. The second-order valence-corrected chi connectivity index (χ2v) is 5.75. The predicted molar refractivity (Wildman–Crippen MR) is 86.0 cm³/mol. The topological polar surface area (TPSA) is 74.7 Å². The number of hydrogen-bond donors (Lipinski definition) is 1. The van der Waals surface area contributed by atoms with Crippen LogP contribution in [0.4, 0.5) is 0 Å². The number of allylic oxidation sites excluding steroid dienone is 1. The predicted octanol–water partition coefficient (Wildman–Crippen LogP) is 2.38. The summed E-state index contributed by atoms with van der Waals surface area (Å²) in [7, 11) is 0. The molecule has 1 saturated carbocycles. The molecule has 1 aliphatic rings. The Morgan fingerprint density at radius 2 is 1.83 bits per heavy atom. The summed E-state index contributed by atoms with van der Waals surface area (Å²) < 4.78 is 0. The average molecular weight is 315 g/mol. The lowest BCUT2D eigenvalue weighted by atomic mass is 9.80. The van der Waals surface area contributed by atoms with Crippen molar-refractivity contribution in [1.29, 1.82) is 0 Å². The number of aliphatic carboxylic acids is 1. The molecule has 122 valence electrons. The van der Waals surface area contributed by atoms with Gasteiger partial charge in [0, 0.05) is 25.6 Å². The second-order valence-electron chi connectivity index (χ2n) is 5.75. The van der Waals surface area contributed by atoms with Crippen LogP contribution in [-0.2, 0) is 14.4 Å². The molecule has 0 heterocycles. The fraction of sp³-hybridized carbons (Fsp3) is 0.389. The van der Waals surface area contributed by atoms with Crippen LogP contribution in [0.25, 0.3) is 0 Å². The van der Waals surface area contributed by atoms with Gasteiger partial charge in [0.05, 0.1) is 5.57 Å². The highest BCUT2D eigenvalue weighted by Crippen LogP contribution is 2.31. The molecule has 0 radical (unpaired) electrons. The van der Waals surface area contributed by atoms with E-state index in [1.54, 1.807) is 6.92 Å². The van der Waals surface area contributed by atoms with Crippen molar-refractivity contribution in [1.82, 2.24) is 4.90 Å². The van der Waals surface area contributed by atoms with Crippen molar-refractivity contribution in [3.8, 4) is 0 Å². The highest BCUT2D eigenvalue weighted by Gasteiger charge is 2.32. The van der Waals surface area contributed by atoms with Gasteiger partial charge in [-0.05, 0) is 25.3 Å². The molecule has 0 aliphatic heterocycles. The van der Waals surface area contributed by atoms with Crippen LogP contribution in [0.3, 0.4) is 0 Å². The second kappa shape index (κ2) is 7.22. The fourth-order valence-corrected chi connectivity index (χ4v) is 2.78. The SMILES string of the molecule is CCN(C=C1C(=O)CC(c2ccccc2)CC1=O)[C@@H](C)C(=O)O. The van der Waals surface area contributed by atoms with Gasteiger partial charge >= 0.3 is 5.97 Å². The summed E-state index contributed by atoms with van der Waals surface area (Å²) in [4.78, 5) is 37.3. The summed E-state index contributed by atoms with van der Waals surface area (Å²) in [5.74, 6) is -1.51. The van der Waals surface area contributed by atoms with E-state index in [-0.39, 0.29) is 35.9 Å². The minimum Gasteiger partial charge on any atom is -0.480 e. The normalized spacial score (nSPS) is 19.4. The van der Waals surface area contributed by atoms with Gasteiger partial charge in [0.1, 0.15) is 6.04 Å². The van der Waals surface area contributed by atoms with Crippen LogP contribution in [0.5, 0.6) is 0 Å².